The molecule has 0 saturated carbocycles. The van der Waals surface area contributed by atoms with E-state index in [9.17, 15) is 0 Å². The van der Waals surface area contributed by atoms with Gasteiger partial charge >= 0.3 is 0 Å². The molecule has 0 spiro atoms. The highest BCUT2D eigenvalue weighted by atomic mass is 17.1. The van der Waals surface area contributed by atoms with E-state index in [2.05, 4.69) is 22.9 Å². The first-order chi connectivity index (χ1) is 3.72. The Kier molecular flexibility index (Phi) is 2.68. The lowest BCUT2D eigenvalue weighted by molar-refractivity contribution is -0.238. The molecule has 0 rings (SSSR count). The van der Waals surface area contributed by atoms with Crippen LogP contribution in [0.3, 0.4) is 0 Å². The second kappa shape index (κ2) is 3.06. The largest absolute Gasteiger partial charge is 0.337 e. The van der Waals surface area contributed by atoms with Gasteiger partial charge in [-0.15, -0.1) is 0 Å². The van der Waals surface area contributed by atoms with Crippen LogP contribution in [0.5, 0.6) is 0 Å². The lowest BCUT2D eigenvalue weighted by Crippen LogP contribution is -1.91. The van der Waals surface area contributed by atoms with Gasteiger partial charge in [0.05, 0.1) is 0 Å². The van der Waals surface area contributed by atoms with Crippen molar-refractivity contribution in [3.8, 4) is 0 Å². The van der Waals surface area contributed by atoms with Crippen LogP contribution in [0.4, 0.5) is 0 Å². The van der Waals surface area contributed by atoms with Crippen LogP contribution in [-0.2, 0) is 9.78 Å². The van der Waals surface area contributed by atoms with Gasteiger partial charge in [0.1, 0.15) is 0 Å². The molecule has 0 aromatic heterocycles. The molecule has 0 bridgehead atoms. The minimum absolute atomic E-state index is 0.229. The summed E-state index contributed by atoms with van der Waals surface area (Å²) in [7, 11) is 0. The number of rotatable bonds is 3. The maximum absolute atomic E-state index is 7.78. The van der Waals surface area contributed by atoms with Crippen LogP contribution in [0.25, 0.3) is 0 Å². The van der Waals surface area contributed by atoms with E-state index in [-0.39, 0.29) is 11.5 Å². The number of hydrogen-bond donors (Lipinski definition) is 2. The topological polar surface area (TPSA) is 58.9 Å². The van der Waals surface area contributed by atoms with E-state index < -0.39 is 0 Å². The fraction of sp³-hybridized carbons (Fsp3) is 0. The maximum Gasteiger partial charge on any atom is 0.203 e. The first-order valence-electron chi connectivity index (χ1n) is 1.73. The fourth-order valence-corrected chi connectivity index (χ4v) is 0.102. The Morgan fingerprint density at radius 2 is 1.25 bits per heavy atom. The van der Waals surface area contributed by atoms with Gasteiger partial charge in [-0.05, 0) is 13.2 Å². The van der Waals surface area contributed by atoms with E-state index in [0.29, 0.717) is 0 Å². The predicted octanol–water partition coefficient (Wildman–Crippen LogP) is 0.993. The van der Waals surface area contributed by atoms with Crippen molar-refractivity contribution >= 4 is 0 Å². The van der Waals surface area contributed by atoms with Crippen LogP contribution >= 0.6 is 0 Å². The summed E-state index contributed by atoms with van der Waals surface area (Å²) < 4.78 is 0. The van der Waals surface area contributed by atoms with Gasteiger partial charge < -0.3 is 9.78 Å². The molecule has 0 aliphatic carbocycles. The summed E-state index contributed by atoms with van der Waals surface area (Å²) in [6.07, 6.45) is 0. The molecular weight excluding hydrogens is 112 g/mol. The quantitative estimate of drug-likeness (QED) is 0.251. The fourth-order valence-electron chi connectivity index (χ4n) is 0.102. The van der Waals surface area contributed by atoms with Crippen molar-refractivity contribution in [1.29, 1.82) is 0 Å². The third-order valence-electron chi connectivity index (χ3n) is 0.531. The van der Waals surface area contributed by atoms with Crippen molar-refractivity contribution in [1.82, 2.24) is 0 Å². The summed E-state index contributed by atoms with van der Waals surface area (Å²) in [5.41, 5.74) is 0. The Morgan fingerprint density at radius 3 is 1.38 bits per heavy atom. The van der Waals surface area contributed by atoms with Gasteiger partial charge in [0.2, 0.25) is 11.5 Å². The zero-order valence-electron chi connectivity index (χ0n) is 4.13. The average Bonchev–Trinajstić information content (AvgIpc) is 1.84. The molecular formula is C4H6O4. The Bertz CT molecular complexity index is 92.6. The molecule has 0 atom stereocenters. The Labute approximate surface area is 46.1 Å². The molecule has 0 heterocycles. The molecule has 0 aliphatic rings. The van der Waals surface area contributed by atoms with Crippen LogP contribution in [0, 0.1) is 0 Å². The minimum Gasteiger partial charge on any atom is -0.337 e. The molecule has 0 unspecified atom stereocenters. The zero-order valence-corrected chi connectivity index (χ0v) is 4.13. The third kappa shape index (κ3) is 1.63. The highest BCUT2D eigenvalue weighted by Gasteiger charge is 1.99. The first kappa shape index (κ1) is 7.00. The smallest absolute Gasteiger partial charge is 0.203 e. The highest BCUT2D eigenvalue weighted by molar-refractivity contribution is 5.10. The van der Waals surface area contributed by atoms with E-state index in [1.54, 1.807) is 0 Å². The van der Waals surface area contributed by atoms with Gasteiger partial charge in [0.25, 0.3) is 0 Å². The SMILES string of the molecule is C=C(OO)C(=C)OO. The van der Waals surface area contributed by atoms with E-state index in [0.717, 1.165) is 0 Å². The van der Waals surface area contributed by atoms with Crippen LogP contribution in [-0.4, -0.2) is 10.5 Å². The third-order valence-corrected chi connectivity index (χ3v) is 0.531. The molecule has 0 radical (unpaired) electrons. The van der Waals surface area contributed by atoms with Crippen LogP contribution in [0.2, 0.25) is 0 Å². The van der Waals surface area contributed by atoms with E-state index >= 15 is 0 Å². The number of hydrogen-bond acceptors (Lipinski definition) is 4. The summed E-state index contributed by atoms with van der Waals surface area (Å²) in [4.78, 5) is 7.05. The van der Waals surface area contributed by atoms with Gasteiger partial charge in [0, 0.05) is 0 Å². The molecule has 4 nitrogen and oxygen atoms in total. The molecule has 8 heavy (non-hydrogen) atoms. The molecule has 2 N–H and O–H groups in total. The molecule has 4 heteroatoms. The van der Waals surface area contributed by atoms with Crippen LogP contribution < -0.4 is 0 Å². The molecule has 0 aromatic carbocycles. The Balaban J connectivity index is 3.64. The van der Waals surface area contributed by atoms with Gasteiger partial charge in [-0.3, -0.25) is 0 Å². The molecule has 0 aromatic rings. The monoisotopic (exact) mass is 118 g/mol. The lowest BCUT2D eigenvalue weighted by Gasteiger charge is -1.98. The second-order valence-electron chi connectivity index (χ2n) is 1.03. The van der Waals surface area contributed by atoms with Gasteiger partial charge in [-0.25, -0.2) is 10.5 Å². The summed E-state index contributed by atoms with van der Waals surface area (Å²) in [6, 6.07) is 0. The van der Waals surface area contributed by atoms with Crippen molar-refractivity contribution in [2.45, 2.75) is 0 Å². The second-order valence-corrected chi connectivity index (χ2v) is 1.03. The Morgan fingerprint density at radius 1 is 1.00 bits per heavy atom. The van der Waals surface area contributed by atoms with Crippen LogP contribution in [0.1, 0.15) is 0 Å². The summed E-state index contributed by atoms with van der Waals surface area (Å²) in [6.45, 7) is 6.17. The van der Waals surface area contributed by atoms with Crippen molar-refractivity contribution in [2.24, 2.45) is 0 Å². The Hall–Kier alpha value is -1.00. The summed E-state index contributed by atoms with van der Waals surface area (Å²) in [5, 5.41) is 15.6. The van der Waals surface area contributed by atoms with Crippen molar-refractivity contribution in [2.75, 3.05) is 0 Å². The highest BCUT2D eigenvalue weighted by Crippen LogP contribution is 2.03. The molecule has 0 aliphatic heterocycles. The van der Waals surface area contributed by atoms with Gasteiger partial charge in [-0.2, -0.15) is 0 Å². The normalized spacial score (nSPS) is 7.75. The average molecular weight is 118 g/mol. The lowest BCUT2D eigenvalue weighted by atomic mass is 10.5. The first-order valence-corrected chi connectivity index (χ1v) is 1.73. The van der Waals surface area contributed by atoms with Gasteiger partial charge in [-0.1, -0.05) is 0 Å². The van der Waals surface area contributed by atoms with E-state index in [1.165, 1.54) is 0 Å². The van der Waals surface area contributed by atoms with E-state index in [4.69, 9.17) is 10.5 Å². The summed E-state index contributed by atoms with van der Waals surface area (Å²) in [5.74, 6) is -0.458. The molecule has 0 saturated heterocycles. The predicted molar refractivity (Wildman–Crippen MR) is 25.7 cm³/mol. The maximum atomic E-state index is 7.78. The molecule has 46 valence electrons. The van der Waals surface area contributed by atoms with Crippen molar-refractivity contribution in [3.05, 3.63) is 24.7 Å². The minimum atomic E-state index is -0.229. The van der Waals surface area contributed by atoms with Crippen molar-refractivity contribution in [3.63, 3.8) is 0 Å². The standard InChI is InChI=1S/C4H6O4/c1-3(7-5)4(2)8-6/h5-6H,1-2H2. The van der Waals surface area contributed by atoms with E-state index in [1.807, 2.05) is 0 Å². The van der Waals surface area contributed by atoms with Crippen molar-refractivity contribution < 1.29 is 20.3 Å². The van der Waals surface area contributed by atoms with Gasteiger partial charge in [0.15, 0.2) is 0 Å². The van der Waals surface area contributed by atoms with Crippen LogP contribution in [0.15, 0.2) is 24.7 Å². The summed E-state index contributed by atoms with van der Waals surface area (Å²) >= 11 is 0. The molecule has 0 amide bonds. The molecule has 0 fully saturated rings. The zero-order chi connectivity index (χ0) is 6.57.